The lowest BCUT2D eigenvalue weighted by atomic mass is 10.1. The van der Waals surface area contributed by atoms with Gasteiger partial charge < -0.3 is 0 Å². The van der Waals surface area contributed by atoms with Gasteiger partial charge in [-0.1, -0.05) is 30.3 Å². The fourth-order valence-electron chi connectivity index (χ4n) is 2.76. The van der Waals surface area contributed by atoms with E-state index in [2.05, 4.69) is 9.97 Å². The van der Waals surface area contributed by atoms with Crippen molar-refractivity contribution >= 4 is 17.5 Å². The van der Waals surface area contributed by atoms with Crippen molar-refractivity contribution in [2.75, 3.05) is 4.90 Å². The Labute approximate surface area is 132 Å². The summed E-state index contributed by atoms with van der Waals surface area (Å²) in [5.74, 6) is -0.621. The molecule has 2 amide bonds. The van der Waals surface area contributed by atoms with Gasteiger partial charge in [0.25, 0.3) is 11.8 Å². The minimum atomic E-state index is -0.310. The molecule has 2 aromatic carbocycles. The summed E-state index contributed by atoms with van der Waals surface area (Å²) in [6, 6.07) is 14.1. The number of aromatic nitrogens is 2. The molecular formula is C18H11N3O2. The number of hydrogen-bond donors (Lipinski definition) is 0. The van der Waals surface area contributed by atoms with Crippen LogP contribution in [0.4, 0.5) is 5.69 Å². The Morgan fingerprint density at radius 2 is 1.22 bits per heavy atom. The van der Waals surface area contributed by atoms with Gasteiger partial charge in [-0.05, 0) is 18.2 Å². The van der Waals surface area contributed by atoms with Crippen LogP contribution in [0.1, 0.15) is 20.7 Å². The molecule has 0 saturated carbocycles. The van der Waals surface area contributed by atoms with Gasteiger partial charge in [-0.3, -0.25) is 9.59 Å². The van der Waals surface area contributed by atoms with Crippen molar-refractivity contribution in [3.05, 3.63) is 78.4 Å². The van der Waals surface area contributed by atoms with E-state index in [9.17, 15) is 9.59 Å². The lowest BCUT2D eigenvalue weighted by molar-refractivity contribution is 0.0926. The fourth-order valence-corrected chi connectivity index (χ4v) is 2.76. The molecular weight excluding hydrogens is 290 g/mol. The maximum atomic E-state index is 12.7. The second-order valence-electron chi connectivity index (χ2n) is 5.14. The molecule has 0 bridgehead atoms. The molecule has 1 aliphatic heterocycles. The normalized spacial score (nSPS) is 13.3. The third kappa shape index (κ3) is 2.02. The first-order chi connectivity index (χ1) is 11.3. The minimum Gasteiger partial charge on any atom is -0.268 e. The van der Waals surface area contributed by atoms with E-state index in [1.807, 2.05) is 12.1 Å². The van der Waals surface area contributed by atoms with Crippen LogP contribution in [0, 0.1) is 0 Å². The molecule has 1 aromatic heterocycles. The second-order valence-corrected chi connectivity index (χ2v) is 5.14. The quantitative estimate of drug-likeness (QED) is 0.683. The molecule has 110 valence electrons. The molecule has 0 atom stereocenters. The van der Waals surface area contributed by atoms with E-state index in [1.54, 1.807) is 48.8 Å². The van der Waals surface area contributed by atoms with Crippen LogP contribution in [-0.2, 0) is 0 Å². The molecule has 2 heterocycles. The number of benzene rings is 2. The highest BCUT2D eigenvalue weighted by Gasteiger charge is 2.37. The second kappa shape index (κ2) is 5.14. The molecule has 4 rings (SSSR count). The van der Waals surface area contributed by atoms with E-state index in [0.29, 0.717) is 16.8 Å². The first-order valence-corrected chi connectivity index (χ1v) is 7.09. The van der Waals surface area contributed by atoms with Gasteiger partial charge in [0.05, 0.1) is 16.8 Å². The molecule has 0 fully saturated rings. The van der Waals surface area contributed by atoms with Gasteiger partial charge in [0.1, 0.15) is 6.33 Å². The molecule has 0 unspecified atom stereocenters. The summed E-state index contributed by atoms with van der Waals surface area (Å²) in [6.07, 6.45) is 4.75. The van der Waals surface area contributed by atoms with E-state index in [1.165, 1.54) is 11.2 Å². The highest BCUT2D eigenvalue weighted by Crippen LogP contribution is 2.35. The number of hydrogen-bond acceptors (Lipinski definition) is 4. The highest BCUT2D eigenvalue weighted by atomic mass is 16.2. The predicted molar refractivity (Wildman–Crippen MR) is 85.1 cm³/mol. The first-order valence-electron chi connectivity index (χ1n) is 7.09. The van der Waals surface area contributed by atoms with Crippen molar-refractivity contribution in [3.63, 3.8) is 0 Å². The Bertz CT molecular complexity index is 887. The summed E-state index contributed by atoms with van der Waals surface area (Å²) >= 11 is 0. The maximum Gasteiger partial charge on any atom is 0.266 e. The first kappa shape index (κ1) is 13.3. The van der Waals surface area contributed by atoms with Crippen LogP contribution in [0.25, 0.3) is 11.1 Å². The largest absolute Gasteiger partial charge is 0.268 e. The SMILES string of the molecule is O=C1c2ccccc2C(=O)N1c1ccccc1-c1cncnc1. The summed E-state index contributed by atoms with van der Waals surface area (Å²) in [5, 5.41) is 0. The maximum absolute atomic E-state index is 12.7. The molecule has 1 aliphatic rings. The van der Waals surface area contributed by atoms with Gasteiger partial charge >= 0.3 is 0 Å². The zero-order valence-corrected chi connectivity index (χ0v) is 12.0. The molecule has 5 heteroatoms. The molecule has 0 saturated heterocycles. The molecule has 0 N–H and O–H groups in total. The van der Waals surface area contributed by atoms with Crippen molar-refractivity contribution in [2.45, 2.75) is 0 Å². The van der Waals surface area contributed by atoms with Crippen LogP contribution in [0.2, 0.25) is 0 Å². The molecule has 23 heavy (non-hydrogen) atoms. The molecule has 3 aromatic rings. The van der Waals surface area contributed by atoms with Crippen LogP contribution in [0.15, 0.2) is 67.3 Å². The summed E-state index contributed by atoms with van der Waals surface area (Å²) in [6.45, 7) is 0. The monoisotopic (exact) mass is 301 g/mol. The topological polar surface area (TPSA) is 63.2 Å². The predicted octanol–water partition coefficient (Wildman–Crippen LogP) is 2.94. The van der Waals surface area contributed by atoms with Crippen molar-refractivity contribution in [1.29, 1.82) is 0 Å². The van der Waals surface area contributed by atoms with Crippen molar-refractivity contribution in [3.8, 4) is 11.1 Å². The van der Waals surface area contributed by atoms with E-state index in [-0.39, 0.29) is 11.8 Å². The highest BCUT2D eigenvalue weighted by molar-refractivity contribution is 6.35. The van der Waals surface area contributed by atoms with Crippen molar-refractivity contribution in [2.24, 2.45) is 0 Å². The number of amides is 2. The number of rotatable bonds is 2. The Hall–Kier alpha value is -3.34. The van der Waals surface area contributed by atoms with Gasteiger partial charge in [0, 0.05) is 23.5 Å². The van der Waals surface area contributed by atoms with Crippen LogP contribution >= 0.6 is 0 Å². The summed E-state index contributed by atoms with van der Waals surface area (Å²) in [4.78, 5) is 34.6. The van der Waals surface area contributed by atoms with Gasteiger partial charge in [0.15, 0.2) is 0 Å². The number of nitrogens with zero attached hydrogens (tertiary/aromatic N) is 3. The summed E-state index contributed by atoms with van der Waals surface area (Å²) in [7, 11) is 0. The number of carbonyl (C=O) groups excluding carboxylic acids is 2. The van der Waals surface area contributed by atoms with Crippen LogP contribution < -0.4 is 4.90 Å². The Morgan fingerprint density at radius 1 is 0.696 bits per heavy atom. The minimum absolute atomic E-state index is 0.310. The smallest absolute Gasteiger partial charge is 0.266 e. The lowest BCUT2D eigenvalue weighted by Crippen LogP contribution is -2.29. The fraction of sp³-hybridized carbons (Fsp3) is 0. The lowest BCUT2D eigenvalue weighted by Gasteiger charge is -2.18. The van der Waals surface area contributed by atoms with E-state index >= 15 is 0 Å². The number of para-hydroxylation sites is 1. The summed E-state index contributed by atoms with van der Waals surface area (Å²) < 4.78 is 0. The van der Waals surface area contributed by atoms with Gasteiger partial charge in [-0.25, -0.2) is 14.9 Å². The third-order valence-electron chi connectivity index (χ3n) is 3.81. The number of carbonyl (C=O) groups is 2. The average Bonchev–Trinajstić information content (AvgIpc) is 2.87. The van der Waals surface area contributed by atoms with Crippen LogP contribution in [-0.4, -0.2) is 21.8 Å². The van der Waals surface area contributed by atoms with Gasteiger partial charge in [-0.2, -0.15) is 0 Å². The number of fused-ring (bicyclic) bond motifs is 1. The molecule has 0 spiro atoms. The average molecular weight is 301 g/mol. The Kier molecular flexibility index (Phi) is 2.98. The Balaban J connectivity index is 1.88. The Morgan fingerprint density at radius 3 is 1.83 bits per heavy atom. The molecule has 0 aliphatic carbocycles. The zero-order chi connectivity index (χ0) is 15.8. The zero-order valence-electron chi connectivity index (χ0n) is 12.0. The third-order valence-corrected chi connectivity index (χ3v) is 3.81. The van der Waals surface area contributed by atoms with E-state index < -0.39 is 0 Å². The van der Waals surface area contributed by atoms with Gasteiger partial charge in [0.2, 0.25) is 0 Å². The van der Waals surface area contributed by atoms with E-state index in [4.69, 9.17) is 0 Å². The van der Waals surface area contributed by atoms with Gasteiger partial charge in [-0.15, -0.1) is 0 Å². The molecule has 5 nitrogen and oxygen atoms in total. The number of imide groups is 1. The summed E-state index contributed by atoms with van der Waals surface area (Å²) in [5.41, 5.74) is 2.88. The van der Waals surface area contributed by atoms with Crippen molar-refractivity contribution < 1.29 is 9.59 Å². The van der Waals surface area contributed by atoms with Crippen molar-refractivity contribution in [1.82, 2.24) is 9.97 Å². The number of anilines is 1. The van der Waals surface area contributed by atoms with Crippen LogP contribution in [0.3, 0.4) is 0 Å². The van der Waals surface area contributed by atoms with E-state index in [0.717, 1.165) is 11.1 Å². The van der Waals surface area contributed by atoms with Crippen LogP contribution in [0.5, 0.6) is 0 Å². The molecule has 0 radical (unpaired) electrons. The standard InChI is InChI=1S/C18H11N3O2/c22-17-14-6-1-2-7-15(14)18(23)21(17)16-8-4-3-5-13(16)12-9-19-11-20-10-12/h1-11H.